The summed E-state index contributed by atoms with van der Waals surface area (Å²) in [6, 6.07) is 3.24. The number of ether oxygens (including phenoxy) is 1. The smallest absolute Gasteiger partial charge is 0.326 e. The van der Waals surface area contributed by atoms with Crippen LogP contribution < -0.4 is 10.1 Å². The molecule has 0 spiro atoms. The van der Waals surface area contributed by atoms with E-state index < -0.39 is 23.7 Å². The number of H-pyrrole nitrogens is 1. The number of aromatic amines is 1. The second-order valence-electron chi connectivity index (χ2n) is 5.76. The molecule has 7 heteroatoms. The maximum Gasteiger partial charge on any atom is 0.326 e. The summed E-state index contributed by atoms with van der Waals surface area (Å²) in [4.78, 5) is 26.2. The van der Waals surface area contributed by atoms with Crippen LogP contribution in [0.2, 0.25) is 0 Å². The van der Waals surface area contributed by atoms with E-state index in [2.05, 4.69) is 10.3 Å². The number of carboxylic acid groups (broad SMARTS) is 1. The van der Waals surface area contributed by atoms with E-state index in [0.29, 0.717) is 23.5 Å². The number of hydrogen-bond acceptors (Lipinski definition) is 3. The summed E-state index contributed by atoms with van der Waals surface area (Å²) < 4.78 is 19.0. The molecule has 23 heavy (non-hydrogen) atoms. The lowest BCUT2D eigenvalue weighted by atomic mass is 10.1. The normalized spacial score (nSPS) is 15.4. The van der Waals surface area contributed by atoms with Gasteiger partial charge in [-0.15, -0.1) is 0 Å². The SMILES string of the molecule is COc1ccc(F)c2[nH]c(C(=O)NC(CC3CC3)C(=O)O)cc12. The van der Waals surface area contributed by atoms with Gasteiger partial charge in [0.1, 0.15) is 23.3 Å². The molecule has 1 saturated carbocycles. The van der Waals surface area contributed by atoms with Crippen LogP contribution in [0.1, 0.15) is 29.8 Å². The van der Waals surface area contributed by atoms with Crippen LogP contribution in [0.25, 0.3) is 10.9 Å². The maximum atomic E-state index is 13.8. The molecule has 1 amide bonds. The van der Waals surface area contributed by atoms with Crippen LogP contribution in [0.4, 0.5) is 4.39 Å². The lowest BCUT2D eigenvalue weighted by Gasteiger charge is -2.13. The van der Waals surface area contributed by atoms with Crippen LogP contribution in [-0.4, -0.2) is 35.1 Å². The number of amides is 1. The molecule has 1 unspecified atom stereocenters. The number of rotatable bonds is 6. The van der Waals surface area contributed by atoms with Gasteiger partial charge in [0.2, 0.25) is 0 Å². The van der Waals surface area contributed by atoms with E-state index >= 15 is 0 Å². The first-order valence-electron chi connectivity index (χ1n) is 7.38. The van der Waals surface area contributed by atoms with Crippen molar-refractivity contribution >= 4 is 22.8 Å². The number of carboxylic acids is 1. The van der Waals surface area contributed by atoms with Crippen molar-refractivity contribution in [3.63, 3.8) is 0 Å². The third-order valence-electron chi connectivity index (χ3n) is 4.04. The molecule has 1 heterocycles. The molecular formula is C16H17FN2O4. The zero-order valence-electron chi connectivity index (χ0n) is 12.6. The van der Waals surface area contributed by atoms with E-state index in [1.807, 2.05) is 0 Å². The quantitative estimate of drug-likeness (QED) is 0.761. The van der Waals surface area contributed by atoms with Crippen molar-refractivity contribution in [2.24, 2.45) is 5.92 Å². The molecule has 3 rings (SSSR count). The summed E-state index contributed by atoms with van der Waals surface area (Å²) in [5.41, 5.74) is 0.258. The Bertz CT molecular complexity index is 767. The third-order valence-corrected chi connectivity index (χ3v) is 4.04. The minimum absolute atomic E-state index is 0.102. The highest BCUT2D eigenvalue weighted by atomic mass is 19.1. The van der Waals surface area contributed by atoms with Gasteiger partial charge >= 0.3 is 5.97 Å². The van der Waals surface area contributed by atoms with E-state index in [1.165, 1.54) is 25.3 Å². The molecule has 6 nitrogen and oxygen atoms in total. The van der Waals surface area contributed by atoms with Crippen molar-refractivity contribution in [1.29, 1.82) is 0 Å². The second kappa shape index (κ2) is 5.91. The minimum atomic E-state index is -1.06. The number of aromatic nitrogens is 1. The number of carbonyl (C=O) groups is 2. The van der Waals surface area contributed by atoms with Gasteiger partial charge in [0.15, 0.2) is 0 Å². The lowest BCUT2D eigenvalue weighted by molar-refractivity contribution is -0.139. The molecule has 122 valence electrons. The van der Waals surface area contributed by atoms with Crippen molar-refractivity contribution in [1.82, 2.24) is 10.3 Å². The first-order chi connectivity index (χ1) is 11.0. The van der Waals surface area contributed by atoms with Gasteiger partial charge in [-0.05, 0) is 30.5 Å². The highest BCUT2D eigenvalue weighted by molar-refractivity contribution is 6.01. The second-order valence-corrected chi connectivity index (χ2v) is 5.76. The molecule has 1 aromatic heterocycles. The molecular weight excluding hydrogens is 303 g/mol. The Hall–Kier alpha value is -2.57. The molecule has 0 radical (unpaired) electrons. The number of aliphatic carboxylic acids is 1. The monoisotopic (exact) mass is 320 g/mol. The maximum absolute atomic E-state index is 13.8. The number of methoxy groups -OCH3 is 1. The predicted octanol–water partition coefficient (Wildman–Crippen LogP) is 2.30. The number of nitrogens with one attached hydrogen (secondary N) is 2. The Kier molecular flexibility index (Phi) is 3.94. The Labute approximate surface area is 131 Å². The van der Waals surface area contributed by atoms with Crippen LogP contribution in [0.15, 0.2) is 18.2 Å². The lowest BCUT2D eigenvalue weighted by Crippen LogP contribution is -2.41. The van der Waals surface area contributed by atoms with Crippen LogP contribution in [0.5, 0.6) is 5.75 Å². The largest absolute Gasteiger partial charge is 0.496 e. The Balaban J connectivity index is 1.85. The van der Waals surface area contributed by atoms with Crippen molar-refractivity contribution < 1.29 is 23.8 Å². The topological polar surface area (TPSA) is 91.4 Å². The van der Waals surface area contributed by atoms with Gasteiger partial charge in [0.05, 0.1) is 12.6 Å². The molecule has 0 aliphatic heterocycles. The summed E-state index contributed by atoms with van der Waals surface area (Å²) in [5.74, 6) is -1.35. The van der Waals surface area contributed by atoms with Crippen molar-refractivity contribution in [3.8, 4) is 5.75 Å². The fraction of sp³-hybridized carbons (Fsp3) is 0.375. The minimum Gasteiger partial charge on any atom is -0.496 e. The van der Waals surface area contributed by atoms with Crippen LogP contribution >= 0.6 is 0 Å². The molecule has 1 aromatic carbocycles. The molecule has 1 aliphatic rings. The molecule has 0 bridgehead atoms. The number of carbonyl (C=O) groups excluding carboxylic acids is 1. The van der Waals surface area contributed by atoms with Gasteiger partial charge < -0.3 is 20.1 Å². The zero-order valence-corrected chi connectivity index (χ0v) is 12.6. The van der Waals surface area contributed by atoms with E-state index in [4.69, 9.17) is 4.74 Å². The highest BCUT2D eigenvalue weighted by Gasteiger charge is 2.30. The fourth-order valence-corrected chi connectivity index (χ4v) is 2.60. The number of hydrogen-bond donors (Lipinski definition) is 3. The first-order valence-corrected chi connectivity index (χ1v) is 7.38. The van der Waals surface area contributed by atoms with E-state index in [0.717, 1.165) is 12.8 Å². The summed E-state index contributed by atoms with van der Waals surface area (Å²) in [7, 11) is 1.45. The van der Waals surface area contributed by atoms with Gasteiger partial charge in [-0.2, -0.15) is 0 Å². The van der Waals surface area contributed by atoms with Gasteiger partial charge in [-0.1, -0.05) is 12.8 Å². The number of halogens is 1. The average Bonchev–Trinajstić information content (AvgIpc) is 3.21. The van der Waals surface area contributed by atoms with E-state index in [9.17, 15) is 19.1 Å². The van der Waals surface area contributed by atoms with E-state index in [1.54, 1.807) is 0 Å². The molecule has 3 N–H and O–H groups in total. The summed E-state index contributed by atoms with van der Waals surface area (Å²) in [6.07, 6.45) is 2.40. The van der Waals surface area contributed by atoms with Crippen molar-refractivity contribution in [2.75, 3.05) is 7.11 Å². The van der Waals surface area contributed by atoms with Crippen molar-refractivity contribution in [3.05, 3.63) is 29.7 Å². The zero-order chi connectivity index (χ0) is 16.6. The van der Waals surface area contributed by atoms with Gasteiger partial charge in [-0.25, -0.2) is 9.18 Å². The molecule has 1 fully saturated rings. The van der Waals surface area contributed by atoms with E-state index in [-0.39, 0.29) is 11.2 Å². The molecule has 2 aromatic rings. The third kappa shape index (κ3) is 3.13. The Morgan fingerprint density at radius 2 is 2.22 bits per heavy atom. The standard InChI is InChI=1S/C16H17FN2O4/c1-23-13-5-4-10(17)14-9(13)7-11(18-14)15(20)19-12(16(21)22)6-8-2-3-8/h4-5,7-8,12,18H,2-3,6H2,1H3,(H,19,20)(H,21,22). The van der Waals surface area contributed by atoms with Crippen LogP contribution in [0.3, 0.4) is 0 Å². The Morgan fingerprint density at radius 3 is 2.83 bits per heavy atom. The van der Waals surface area contributed by atoms with Crippen LogP contribution in [0, 0.1) is 11.7 Å². The average molecular weight is 320 g/mol. The number of fused-ring (bicyclic) bond motifs is 1. The number of benzene rings is 1. The predicted molar refractivity (Wildman–Crippen MR) is 81.0 cm³/mol. The first kappa shape index (κ1) is 15.3. The summed E-state index contributed by atoms with van der Waals surface area (Å²) >= 11 is 0. The molecule has 1 atom stereocenters. The highest BCUT2D eigenvalue weighted by Crippen LogP contribution is 2.33. The Morgan fingerprint density at radius 1 is 1.48 bits per heavy atom. The van der Waals surface area contributed by atoms with Gasteiger partial charge in [-0.3, -0.25) is 4.79 Å². The van der Waals surface area contributed by atoms with Gasteiger partial charge in [0, 0.05) is 5.39 Å². The summed E-state index contributed by atoms with van der Waals surface area (Å²) in [5, 5.41) is 12.1. The van der Waals surface area contributed by atoms with Crippen molar-refractivity contribution in [2.45, 2.75) is 25.3 Å². The summed E-state index contributed by atoms with van der Waals surface area (Å²) in [6.45, 7) is 0. The van der Waals surface area contributed by atoms with Crippen LogP contribution in [-0.2, 0) is 4.79 Å². The molecule has 0 saturated heterocycles. The molecule has 1 aliphatic carbocycles. The van der Waals surface area contributed by atoms with Gasteiger partial charge in [0.25, 0.3) is 5.91 Å². The fourth-order valence-electron chi connectivity index (χ4n) is 2.60.